The molecule has 0 radical (unpaired) electrons. The summed E-state index contributed by atoms with van der Waals surface area (Å²) in [6, 6.07) is 13.9. The Morgan fingerprint density at radius 3 is 2.45 bits per heavy atom. The van der Waals surface area contributed by atoms with E-state index in [1.165, 1.54) is 18.3 Å². The summed E-state index contributed by atoms with van der Waals surface area (Å²) in [7, 11) is 0. The summed E-state index contributed by atoms with van der Waals surface area (Å²) < 4.78 is 13.3. The van der Waals surface area contributed by atoms with Crippen molar-refractivity contribution in [3.63, 3.8) is 0 Å². The van der Waals surface area contributed by atoms with Crippen LogP contribution in [0.3, 0.4) is 0 Å². The number of pyridine rings is 1. The second kappa shape index (κ2) is 8.41. The Hall–Kier alpha value is -3.25. The predicted molar refractivity (Wildman–Crippen MR) is 111 cm³/mol. The lowest BCUT2D eigenvalue weighted by molar-refractivity contribution is 0.0911. The van der Waals surface area contributed by atoms with E-state index in [0.717, 1.165) is 0 Å². The van der Waals surface area contributed by atoms with Crippen molar-refractivity contribution in [2.75, 3.05) is 5.32 Å². The van der Waals surface area contributed by atoms with Gasteiger partial charge in [-0.15, -0.1) is 0 Å². The Labute approximate surface area is 172 Å². The van der Waals surface area contributed by atoms with Gasteiger partial charge in [0.15, 0.2) is 0 Å². The van der Waals surface area contributed by atoms with Gasteiger partial charge in [0.05, 0.1) is 11.1 Å². The number of aromatic nitrogens is 1. The van der Waals surface area contributed by atoms with Crippen molar-refractivity contribution >= 4 is 29.1 Å². The molecule has 0 saturated carbocycles. The molecule has 2 N–H and O–H groups in total. The average molecular weight is 412 g/mol. The highest BCUT2D eigenvalue weighted by molar-refractivity contribution is 6.31. The van der Waals surface area contributed by atoms with Crippen LogP contribution in [0.1, 0.15) is 40.1 Å². The number of hydrogen-bond acceptors (Lipinski definition) is 3. The number of rotatable bonds is 5. The van der Waals surface area contributed by atoms with Crippen LogP contribution >= 0.6 is 11.6 Å². The summed E-state index contributed by atoms with van der Waals surface area (Å²) in [6.07, 6.45) is 3.04. The molecule has 5 nitrogen and oxygen atoms in total. The van der Waals surface area contributed by atoms with Crippen LogP contribution in [0.25, 0.3) is 0 Å². The third-order valence-electron chi connectivity index (χ3n) is 4.34. The predicted octanol–water partition coefficient (Wildman–Crippen LogP) is 4.79. The fourth-order valence-corrected chi connectivity index (χ4v) is 3.26. The molecule has 0 fully saturated rings. The van der Waals surface area contributed by atoms with E-state index >= 15 is 0 Å². The Morgan fingerprint density at radius 1 is 1.00 bits per heavy atom. The molecule has 148 valence electrons. The lowest BCUT2D eigenvalue weighted by Crippen LogP contribution is -2.41. The third-order valence-corrected chi connectivity index (χ3v) is 4.65. The first-order valence-electron chi connectivity index (χ1n) is 8.86. The van der Waals surface area contributed by atoms with Crippen molar-refractivity contribution in [3.8, 4) is 0 Å². The first-order chi connectivity index (χ1) is 13.8. The zero-order valence-corrected chi connectivity index (χ0v) is 16.6. The zero-order chi connectivity index (χ0) is 21.0. The molecule has 0 unspecified atom stereocenters. The standard InChI is InChI=1S/C22H19ClFN3O2/c1-22(2,18-9-8-16(24)12-19(18)23)27-21(29)14-5-3-7-17(11-14)26-20(28)15-6-4-10-25-13-15/h3-13H,1-2H3,(H,26,28)(H,27,29). The lowest BCUT2D eigenvalue weighted by atomic mass is 9.93. The summed E-state index contributed by atoms with van der Waals surface area (Å²) in [5, 5.41) is 5.86. The maximum atomic E-state index is 13.3. The van der Waals surface area contributed by atoms with E-state index in [4.69, 9.17) is 11.6 Å². The van der Waals surface area contributed by atoms with Crippen molar-refractivity contribution in [1.29, 1.82) is 0 Å². The Balaban J connectivity index is 1.76. The number of amides is 2. The van der Waals surface area contributed by atoms with Gasteiger partial charge in [0.25, 0.3) is 11.8 Å². The van der Waals surface area contributed by atoms with Crippen LogP contribution in [0.2, 0.25) is 5.02 Å². The topological polar surface area (TPSA) is 71.1 Å². The third kappa shape index (κ3) is 4.97. The maximum Gasteiger partial charge on any atom is 0.257 e. The van der Waals surface area contributed by atoms with Gasteiger partial charge in [-0.25, -0.2) is 4.39 Å². The van der Waals surface area contributed by atoms with Crippen molar-refractivity contribution in [2.24, 2.45) is 0 Å². The van der Waals surface area contributed by atoms with Crippen LogP contribution in [-0.4, -0.2) is 16.8 Å². The van der Waals surface area contributed by atoms with Crippen LogP contribution in [-0.2, 0) is 5.54 Å². The number of nitrogens with zero attached hydrogens (tertiary/aromatic N) is 1. The molecule has 1 aromatic heterocycles. The minimum atomic E-state index is -0.836. The van der Waals surface area contributed by atoms with Gasteiger partial charge in [0.2, 0.25) is 0 Å². The van der Waals surface area contributed by atoms with Crippen LogP contribution in [0.5, 0.6) is 0 Å². The van der Waals surface area contributed by atoms with E-state index < -0.39 is 11.4 Å². The molecule has 1 heterocycles. The Morgan fingerprint density at radius 2 is 1.76 bits per heavy atom. The molecule has 29 heavy (non-hydrogen) atoms. The van der Waals surface area contributed by atoms with Crippen LogP contribution in [0.15, 0.2) is 67.0 Å². The van der Waals surface area contributed by atoms with E-state index in [1.807, 2.05) is 0 Å². The molecule has 0 bridgehead atoms. The highest BCUT2D eigenvalue weighted by Crippen LogP contribution is 2.29. The van der Waals surface area contributed by atoms with Crippen LogP contribution < -0.4 is 10.6 Å². The Bertz CT molecular complexity index is 1050. The number of halogens is 2. The normalized spacial score (nSPS) is 11.0. The summed E-state index contributed by atoms with van der Waals surface area (Å²) >= 11 is 6.14. The molecule has 0 aliphatic carbocycles. The first kappa shape index (κ1) is 20.5. The largest absolute Gasteiger partial charge is 0.343 e. The Kier molecular flexibility index (Phi) is 5.94. The minimum absolute atomic E-state index is 0.229. The van der Waals surface area contributed by atoms with Gasteiger partial charge in [0, 0.05) is 28.7 Å². The molecular formula is C22H19ClFN3O2. The molecule has 0 spiro atoms. The van der Waals surface area contributed by atoms with E-state index in [1.54, 1.807) is 62.5 Å². The zero-order valence-electron chi connectivity index (χ0n) is 15.9. The molecule has 0 atom stereocenters. The van der Waals surface area contributed by atoms with Crippen molar-refractivity contribution in [2.45, 2.75) is 19.4 Å². The molecular weight excluding hydrogens is 393 g/mol. The number of nitrogens with one attached hydrogen (secondary N) is 2. The van der Waals surface area contributed by atoms with Crippen LogP contribution in [0.4, 0.5) is 10.1 Å². The second-order valence-corrected chi connectivity index (χ2v) is 7.39. The van der Waals surface area contributed by atoms with E-state index in [-0.39, 0.29) is 16.8 Å². The quantitative estimate of drug-likeness (QED) is 0.634. The minimum Gasteiger partial charge on any atom is -0.343 e. The molecule has 3 rings (SSSR count). The maximum absolute atomic E-state index is 13.3. The van der Waals surface area contributed by atoms with E-state index in [9.17, 15) is 14.0 Å². The SMILES string of the molecule is CC(C)(NC(=O)c1cccc(NC(=O)c2cccnc2)c1)c1ccc(F)cc1Cl. The number of anilines is 1. The van der Waals surface area contributed by atoms with Crippen LogP contribution in [0, 0.1) is 5.82 Å². The van der Waals surface area contributed by atoms with E-state index in [0.29, 0.717) is 22.4 Å². The van der Waals surface area contributed by atoms with Gasteiger partial charge in [-0.05, 0) is 61.9 Å². The van der Waals surface area contributed by atoms with Gasteiger partial charge in [-0.2, -0.15) is 0 Å². The van der Waals surface area contributed by atoms with Gasteiger partial charge in [0.1, 0.15) is 5.82 Å². The van der Waals surface area contributed by atoms with Crippen molar-refractivity contribution in [3.05, 3.63) is 94.5 Å². The van der Waals surface area contributed by atoms with E-state index in [2.05, 4.69) is 15.6 Å². The number of benzene rings is 2. The second-order valence-electron chi connectivity index (χ2n) is 6.98. The monoisotopic (exact) mass is 411 g/mol. The highest BCUT2D eigenvalue weighted by Gasteiger charge is 2.26. The van der Waals surface area contributed by atoms with Crippen molar-refractivity contribution in [1.82, 2.24) is 10.3 Å². The number of hydrogen-bond donors (Lipinski definition) is 2. The molecule has 0 saturated heterocycles. The first-order valence-corrected chi connectivity index (χ1v) is 9.23. The van der Waals surface area contributed by atoms with Gasteiger partial charge in [-0.3, -0.25) is 14.6 Å². The lowest BCUT2D eigenvalue weighted by Gasteiger charge is -2.28. The fourth-order valence-electron chi connectivity index (χ4n) is 2.86. The summed E-state index contributed by atoms with van der Waals surface area (Å²) in [4.78, 5) is 29.0. The fraction of sp³-hybridized carbons (Fsp3) is 0.136. The summed E-state index contributed by atoms with van der Waals surface area (Å²) in [5.74, 6) is -1.13. The van der Waals surface area contributed by atoms with Gasteiger partial charge < -0.3 is 10.6 Å². The molecule has 2 amide bonds. The number of carbonyl (C=O) groups is 2. The molecule has 7 heteroatoms. The van der Waals surface area contributed by atoms with Gasteiger partial charge in [-0.1, -0.05) is 23.7 Å². The molecule has 3 aromatic rings. The summed E-state index contributed by atoms with van der Waals surface area (Å²) in [5.41, 5.74) is 1.01. The molecule has 0 aliphatic heterocycles. The van der Waals surface area contributed by atoms with Crippen molar-refractivity contribution < 1.29 is 14.0 Å². The smallest absolute Gasteiger partial charge is 0.257 e. The molecule has 0 aliphatic rings. The average Bonchev–Trinajstić information content (AvgIpc) is 2.68. The van der Waals surface area contributed by atoms with Gasteiger partial charge >= 0.3 is 0 Å². The molecule has 2 aromatic carbocycles. The summed E-state index contributed by atoms with van der Waals surface area (Å²) in [6.45, 7) is 3.55. The number of carbonyl (C=O) groups excluding carboxylic acids is 2. The highest BCUT2D eigenvalue weighted by atomic mass is 35.5.